The molecule has 1 aromatic carbocycles. The van der Waals surface area contributed by atoms with Crippen LogP contribution < -0.4 is 15.0 Å². The Morgan fingerprint density at radius 2 is 2.20 bits per heavy atom. The second kappa shape index (κ2) is 4.97. The van der Waals surface area contributed by atoms with Crippen LogP contribution in [0.15, 0.2) is 35.7 Å². The van der Waals surface area contributed by atoms with E-state index in [0.717, 1.165) is 0 Å². The van der Waals surface area contributed by atoms with Gasteiger partial charge >= 0.3 is 0 Å². The van der Waals surface area contributed by atoms with Gasteiger partial charge < -0.3 is 15.0 Å². The number of thiophene rings is 1. The Bertz CT molecular complexity index is 667. The Kier molecular flexibility index (Phi) is 3.15. The van der Waals surface area contributed by atoms with Gasteiger partial charge in [0.05, 0.1) is 10.6 Å². The molecule has 2 heterocycles. The van der Waals surface area contributed by atoms with Crippen LogP contribution in [0.1, 0.15) is 9.67 Å². The molecule has 0 unspecified atom stereocenters. The molecule has 3 rings (SSSR count). The van der Waals surface area contributed by atoms with Crippen LogP contribution in [0.4, 0.5) is 11.4 Å². The summed E-state index contributed by atoms with van der Waals surface area (Å²) in [5, 5.41) is 4.66. The highest BCUT2D eigenvalue weighted by atomic mass is 32.1. The van der Waals surface area contributed by atoms with Crippen molar-refractivity contribution in [3.05, 3.63) is 40.6 Å². The monoisotopic (exact) mass is 288 g/mol. The molecular formula is C14H12N2O3S. The van der Waals surface area contributed by atoms with Gasteiger partial charge in [-0.05, 0) is 23.6 Å². The zero-order chi connectivity index (χ0) is 14.1. The molecule has 0 saturated carbocycles. The van der Waals surface area contributed by atoms with Crippen molar-refractivity contribution in [1.29, 1.82) is 0 Å². The summed E-state index contributed by atoms with van der Waals surface area (Å²) >= 11 is 1.37. The van der Waals surface area contributed by atoms with Gasteiger partial charge in [-0.15, -0.1) is 11.3 Å². The maximum absolute atomic E-state index is 12.1. The highest BCUT2D eigenvalue weighted by Crippen LogP contribution is 2.38. The van der Waals surface area contributed by atoms with Crippen molar-refractivity contribution in [1.82, 2.24) is 0 Å². The quantitative estimate of drug-likeness (QED) is 0.923. The summed E-state index contributed by atoms with van der Waals surface area (Å²) in [7, 11) is 1.67. The molecule has 0 fully saturated rings. The third-order valence-electron chi connectivity index (χ3n) is 3.05. The summed E-state index contributed by atoms with van der Waals surface area (Å²) in [6.45, 7) is 0.0197. The van der Waals surface area contributed by atoms with Crippen LogP contribution in [0.3, 0.4) is 0 Å². The molecule has 0 atom stereocenters. The maximum Gasteiger partial charge on any atom is 0.265 e. The number of hydrogen-bond acceptors (Lipinski definition) is 4. The second-order valence-electron chi connectivity index (χ2n) is 4.33. The number of ether oxygens (including phenoxy) is 1. The highest BCUT2D eigenvalue weighted by molar-refractivity contribution is 7.12. The molecular weight excluding hydrogens is 276 g/mol. The zero-order valence-electron chi connectivity index (χ0n) is 10.8. The van der Waals surface area contributed by atoms with Gasteiger partial charge in [-0.25, -0.2) is 0 Å². The van der Waals surface area contributed by atoms with E-state index in [9.17, 15) is 9.59 Å². The molecule has 1 aliphatic rings. The zero-order valence-corrected chi connectivity index (χ0v) is 11.6. The number of anilines is 2. The summed E-state index contributed by atoms with van der Waals surface area (Å²) in [6, 6.07) is 8.88. The molecule has 1 N–H and O–H groups in total. The van der Waals surface area contributed by atoms with Crippen molar-refractivity contribution in [2.45, 2.75) is 0 Å². The van der Waals surface area contributed by atoms with E-state index in [0.29, 0.717) is 22.0 Å². The van der Waals surface area contributed by atoms with Crippen molar-refractivity contribution in [2.24, 2.45) is 0 Å². The fraction of sp³-hybridized carbons (Fsp3) is 0.143. The first-order valence-electron chi connectivity index (χ1n) is 6.04. The fourth-order valence-corrected chi connectivity index (χ4v) is 2.66. The number of benzene rings is 1. The average molecular weight is 288 g/mol. The van der Waals surface area contributed by atoms with Crippen LogP contribution in [0.5, 0.6) is 5.75 Å². The van der Waals surface area contributed by atoms with Gasteiger partial charge in [0.2, 0.25) is 0 Å². The first kappa shape index (κ1) is 12.7. The van der Waals surface area contributed by atoms with E-state index >= 15 is 0 Å². The van der Waals surface area contributed by atoms with Gasteiger partial charge in [-0.3, -0.25) is 9.59 Å². The predicted octanol–water partition coefficient (Wildman–Crippen LogP) is 2.36. The number of hydrogen-bond donors (Lipinski definition) is 1. The maximum atomic E-state index is 12.1. The minimum atomic E-state index is -0.195. The van der Waals surface area contributed by atoms with Crippen LogP contribution in [0.25, 0.3) is 0 Å². The van der Waals surface area contributed by atoms with Crippen molar-refractivity contribution in [2.75, 3.05) is 23.9 Å². The summed E-state index contributed by atoms with van der Waals surface area (Å²) < 4.78 is 5.38. The standard InChI is InChI=1S/C14H12N2O3S/c1-16-12(17)8-19-10-5-2-4-9(13(10)16)15-14(18)11-6-3-7-20-11/h2-7H,8H2,1H3,(H,15,18). The number of rotatable bonds is 2. The van der Waals surface area contributed by atoms with Crippen molar-refractivity contribution >= 4 is 34.5 Å². The first-order chi connectivity index (χ1) is 9.66. The second-order valence-corrected chi connectivity index (χ2v) is 5.27. The van der Waals surface area contributed by atoms with Crippen LogP contribution in [-0.4, -0.2) is 25.5 Å². The lowest BCUT2D eigenvalue weighted by atomic mass is 10.2. The summed E-state index contributed by atoms with van der Waals surface area (Å²) in [5.74, 6) is 0.256. The van der Waals surface area contributed by atoms with Gasteiger partial charge in [0, 0.05) is 7.05 Å². The number of carbonyl (C=O) groups is 2. The fourth-order valence-electron chi connectivity index (χ4n) is 2.04. The SMILES string of the molecule is CN1C(=O)COc2cccc(NC(=O)c3cccs3)c21. The molecule has 0 aliphatic carbocycles. The molecule has 102 valence electrons. The Hall–Kier alpha value is -2.34. The molecule has 0 bridgehead atoms. The van der Waals surface area contributed by atoms with E-state index in [1.54, 1.807) is 31.3 Å². The van der Waals surface area contributed by atoms with Crippen molar-refractivity contribution in [3.8, 4) is 5.75 Å². The number of nitrogens with zero attached hydrogens (tertiary/aromatic N) is 1. The Morgan fingerprint density at radius 3 is 2.95 bits per heavy atom. The topological polar surface area (TPSA) is 58.6 Å². The number of nitrogens with one attached hydrogen (secondary N) is 1. The third kappa shape index (κ3) is 2.14. The van der Waals surface area contributed by atoms with Crippen LogP contribution in [0, 0.1) is 0 Å². The van der Waals surface area contributed by atoms with Crippen molar-refractivity contribution < 1.29 is 14.3 Å². The molecule has 1 aromatic heterocycles. The average Bonchev–Trinajstić information content (AvgIpc) is 2.97. The number of para-hydroxylation sites is 1. The van der Waals surface area contributed by atoms with E-state index in [2.05, 4.69) is 5.32 Å². The minimum absolute atomic E-state index is 0.0197. The van der Waals surface area contributed by atoms with Gasteiger partial charge in [0.15, 0.2) is 6.61 Å². The summed E-state index contributed by atoms with van der Waals surface area (Å²) in [6.07, 6.45) is 0. The normalized spacial score (nSPS) is 13.7. The minimum Gasteiger partial charge on any atom is -0.481 e. The molecule has 0 spiro atoms. The van der Waals surface area contributed by atoms with Gasteiger partial charge in [-0.2, -0.15) is 0 Å². The lowest BCUT2D eigenvalue weighted by Crippen LogP contribution is -2.36. The smallest absolute Gasteiger partial charge is 0.265 e. The van der Waals surface area contributed by atoms with E-state index in [-0.39, 0.29) is 18.4 Å². The van der Waals surface area contributed by atoms with Crippen LogP contribution >= 0.6 is 11.3 Å². The largest absolute Gasteiger partial charge is 0.481 e. The van der Waals surface area contributed by atoms with Gasteiger partial charge in [0.25, 0.3) is 11.8 Å². The van der Waals surface area contributed by atoms with Crippen molar-refractivity contribution in [3.63, 3.8) is 0 Å². The van der Waals surface area contributed by atoms with E-state index in [1.165, 1.54) is 16.2 Å². The highest BCUT2D eigenvalue weighted by Gasteiger charge is 2.25. The number of fused-ring (bicyclic) bond motifs is 1. The third-order valence-corrected chi connectivity index (χ3v) is 3.92. The van der Waals surface area contributed by atoms with E-state index in [1.807, 2.05) is 11.4 Å². The molecule has 0 radical (unpaired) electrons. The van der Waals surface area contributed by atoms with E-state index < -0.39 is 0 Å². The molecule has 1 aliphatic heterocycles. The van der Waals surface area contributed by atoms with Gasteiger partial charge in [0.1, 0.15) is 11.4 Å². The number of likely N-dealkylation sites (N-methyl/N-ethyl adjacent to an activating group) is 1. The van der Waals surface area contributed by atoms with E-state index in [4.69, 9.17) is 4.74 Å². The number of carbonyl (C=O) groups excluding carboxylic acids is 2. The Morgan fingerprint density at radius 1 is 1.35 bits per heavy atom. The molecule has 6 heteroatoms. The van der Waals surface area contributed by atoms with Crippen LogP contribution in [-0.2, 0) is 4.79 Å². The molecule has 20 heavy (non-hydrogen) atoms. The van der Waals surface area contributed by atoms with Gasteiger partial charge in [-0.1, -0.05) is 12.1 Å². The Labute approximate surface area is 119 Å². The summed E-state index contributed by atoms with van der Waals surface area (Å²) in [5.41, 5.74) is 1.16. The summed E-state index contributed by atoms with van der Waals surface area (Å²) in [4.78, 5) is 25.9. The first-order valence-corrected chi connectivity index (χ1v) is 6.92. The Balaban J connectivity index is 1.95. The molecule has 2 aromatic rings. The predicted molar refractivity (Wildman–Crippen MR) is 77.6 cm³/mol. The lowest BCUT2D eigenvalue weighted by molar-refractivity contribution is -0.120. The number of amides is 2. The molecule has 0 saturated heterocycles. The lowest BCUT2D eigenvalue weighted by Gasteiger charge is -2.28. The van der Waals surface area contributed by atoms with Crippen LogP contribution in [0.2, 0.25) is 0 Å². The molecule has 5 nitrogen and oxygen atoms in total. The molecule has 2 amide bonds.